The van der Waals surface area contributed by atoms with Crippen molar-refractivity contribution < 1.29 is 13.8 Å². The number of benzene rings is 1. The van der Waals surface area contributed by atoms with Crippen LogP contribution in [0.15, 0.2) is 57.8 Å². The number of aryl methyl sites for hydroxylation is 1. The van der Waals surface area contributed by atoms with E-state index >= 15 is 0 Å². The molecule has 0 spiro atoms. The molecule has 1 atom stereocenters. The van der Waals surface area contributed by atoms with Crippen LogP contribution in [0.2, 0.25) is 0 Å². The zero-order chi connectivity index (χ0) is 21.1. The summed E-state index contributed by atoms with van der Waals surface area (Å²) in [6, 6.07) is 10.1. The molecule has 0 saturated carbocycles. The molecular weight excluding hydrogens is 384 g/mol. The summed E-state index contributed by atoms with van der Waals surface area (Å²) in [6.07, 6.45) is 3.33. The molecule has 9 heteroatoms. The maximum Gasteiger partial charge on any atom is 0.257 e. The molecule has 1 N–H and O–H groups in total. The zero-order valence-electron chi connectivity index (χ0n) is 16.7. The summed E-state index contributed by atoms with van der Waals surface area (Å²) >= 11 is 0. The number of hydrogen-bond donors (Lipinski definition) is 1. The van der Waals surface area contributed by atoms with Gasteiger partial charge in [-0.15, -0.1) is 0 Å². The predicted molar refractivity (Wildman–Crippen MR) is 107 cm³/mol. The number of carbonyl (C=O) groups is 1. The second-order valence-electron chi connectivity index (χ2n) is 7.12. The van der Waals surface area contributed by atoms with Gasteiger partial charge in [0.1, 0.15) is 6.04 Å². The SMILES string of the molecule is Cc1noc(-c2ccc(C(=O)NC(c3nc(-c4cccnc4)no3)C(C)C)cc2)n1. The molecule has 0 aliphatic carbocycles. The van der Waals surface area contributed by atoms with Gasteiger partial charge in [0.05, 0.1) is 0 Å². The van der Waals surface area contributed by atoms with Crippen molar-refractivity contribution in [3.05, 3.63) is 66.1 Å². The molecule has 0 bridgehead atoms. The molecule has 3 heterocycles. The average molecular weight is 404 g/mol. The first-order valence-electron chi connectivity index (χ1n) is 9.47. The van der Waals surface area contributed by atoms with Crippen LogP contribution in [0, 0.1) is 12.8 Å². The third-order valence-electron chi connectivity index (χ3n) is 4.50. The second-order valence-corrected chi connectivity index (χ2v) is 7.12. The lowest BCUT2D eigenvalue weighted by Gasteiger charge is -2.18. The highest BCUT2D eigenvalue weighted by molar-refractivity contribution is 5.94. The van der Waals surface area contributed by atoms with Crippen LogP contribution in [-0.4, -0.2) is 31.2 Å². The van der Waals surface area contributed by atoms with Crippen molar-refractivity contribution in [2.75, 3.05) is 0 Å². The molecule has 0 aliphatic heterocycles. The first-order chi connectivity index (χ1) is 14.5. The Morgan fingerprint density at radius 1 is 1.00 bits per heavy atom. The first kappa shape index (κ1) is 19.4. The number of hydrogen-bond acceptors (Lipinski definition) is 8. The van der Waals surface area contributed by atoms with Crippen molar-refractivity contribution in [1.29, 1.82) is 0 Å². The quantitative estimate of drug-likeness (QED) is 0.517. The number of pyridine rings is 1. The number of carbonyl (C=O) groups excluding carboxylic acids is 1. The van der Waals surface area contributed by atoms with E-state index in [1.165, 1.54) is 0 Å². The molecule has 4 aromatic rings. The molecule has 0 saturated heterocycles. The molecule has 1 unspecified atom stereocenters. The fraction of sp³-hybridized carbons (Fsp3) is 0.238. The summed E-state index contributed by atoms with van der Waals surface area (Å²) < 4.78 is 10.6. The maximum atomic E-state index is 12.8. The fourth-order valence-electron chi connectivity index (χ4n) is 2.89. The number of nitrogens with zero attached hydrogens (tertiary/aromatic N) is 5. The summed E-state index contributed by atoms with van der Waals surface area (Å²) in [4.78, 5) is 25.5. The largest absolute Gasteiger partial charge is 0.340 e. The van der Waals surface area contributed by atoms with E-state index in [0.717, 1.165) is 11.1 Å². The van der Waals surface area contributed by atoms with Gasteiger partial charge in [-0.3, -0.25) is 9.78 Å². The van der Waals surface area contributed by atoms with E-state index in [9.17, 15) is 4.79 Å². The monoisotopic (exact) mass is 404 g/mol. The molecule has 30 heavy (non-hydrogen) atoms. The van der Waals surface area contributed by atoms with Gasteiger partial charge >= 0.3 is 0 Å². The lowest BCUT2D eigenvalue weighted by Crippen LogP contribution is -2.32. The highest BCUT2D eigenvalue weighted by Gasteiger charge is 2.25. The molecule has 4 rings (SSSR count). The smallest absolute Gasteiger partial charge is 0.257 e. The fourth-order valence-corrected chi connectivity index (χ4v) is 2.89. The summed E-state index contributed by atoms with van der Waals surface area (Å²) in [5.74, 6) is 1.53. The second kappa shape index (κ2) is 8.24. The lowest BCUT2D eigenvalue weighted by atomic mass is 10.0. The van der Waals surface area contributed by atoms with Crippen molar-refractivity contribution in [2.45, 2.75) is 26.8 Å². The Kier molecular flexibility index (Phi) is 5.34. The van der Waals surface area contributed by atoms with Crippen LogP contribution in [0.4, 0.5) is 0 Å². The Balaban J connectivity index is 1.51. The zero-order valence-corrected chi connectivity index (χ0v) is 16.7. The van der Waals surface area contributed by atoms with E-state index in [2.05, 4.69) is 30.6 Å². The van der Waals surface area contributed by atoms with Crippen molar-refractivity contribution in [3.8, 4) is 22.8 Å². The minimum absolute atomic E-state index is 0.0387. The first-order valence-corrected chi connectivity index (χ1v) is 9.47. The van der Waals surface area contributed by atoms with Gasteiger partial charge in [0.15, 0.2) is 5.82 Å². The maximum absolute atomic E-state index is 12.8. The standard InChI is InChI=1S/C21H20N6O3/c1-12(2)17(21-25-18(27-30-21)16-5-4-10-22-11-16)24-19(28)14-6-8-15(9-7-14)20-23-13(3)26-29-20/h4-12,17H,1-3H3,(H,24,28). The number of amides is 1. The van der Waals surface area contributed by atoms with Gasteiger partial charge < -0.3 is 14.4 Å². The van der Waals surface area contributed by atoms with Crippen molar-refractivity contribution in [3.63, 3.8) is 0 Å². The molecule has 152 valence electrons. The van der Waals surface area contributed by atoms with Crippen LogP contribution < -0.4 is 5.32 Å². The molecule has 9 nitrogen and oxygen atoms in total. The molecule has 3 aromatic heterocycles. The highest BCUT2D eigenvalue weighted by atomic mass is 16.5. The molecule has 0 radical (unpaired) electrons. The number of nitrogens with one attached hydrogen (secondary N) is 1. The third kappa shape index (κ3) is 4.09. The molecule has 0 aliphatic rings. The van der Waals surface area contributed by atoms with Crippen molar-refractivity contribution in [2.24, 2.45) is 5.92 Å². The Labute approximate surface area is 172 Å². The van der Waals surface area contributed by atoms with Crippen LogP contribution in [0.1, 0.15) is 42.0 Å². The Bertz CT molecular complexity index is 1140. The Morgan fingerprint density at radius 2 is 1.80 bits per heavy atom. The van der Waals surface area contributed by atoms with E-state index in [4.69, 9.17) is 9.05 Å². The number of rotatable bonds is 6. The van der Waals surface area contributed by atoms with E-state index < -0.39 is 6.04 Å². The van der Waals surface area contributed by atoms with Gasteiger partial charge in [-0.05, 0) is 49.2 Å². The van der Waals surface area contributed by atoms with Crippen LogP contribution in [0.3, 0.4) is 0 Å². The van der Waals surface area contributed by atoms with Crippen LogP contribution >= 0.6 is 0 Å². The van der Waals surface area contributed by atoms with E-state index in [1.54, 1.807) is 49.6 Å². The minimum Gasteiger partial charge on any atom is -0.340 e. The average Bonchev–Trinajstić information content (AvgIpc) is 3.42. The lowest BCUT2D eigenvalue weighted by molar-refractivity contribution is 0.0914. The van der Waals surface area contributed by atoms with Gasteiger partial charge in [0.25, 0.3) is 11.8 Å². The molecule has 1 aromatic carbocycles. The van der Waals surface area contributed by atoms with Crippen LogP contribution in [0.25, 0.3) is 22.8 Å². The van der Waals surface area contributed by atoms with E-state index in [1.807, 2.05) is 19.9 Å². The van der Waals surface area contributed by atoms with Crippen molar-refractivity contribution in [1.82, 2.24) is 30.6 Å². The van der Waals surface area contributed by atoms with E-state index in [0.29, 0.717) is 29.0 Å². The summed E-state index contributed by atoms with van der Waals surface area (Å²) in [6.45, 7) is 5.69. The molecule has 1 amide bonds. The Hall–Kier alpha value is -3.88. The summed E-state index contributed by atoms with van der Waals surface area (Å²) in [5.41, 5.74) is 1.98. The van der Waals surface area contributed by atoms with Crippen LogP contribution in [0.5, 0.6) is 0 Å². The summed E-state index contributed by atoms with van der Waals surface area (Å²) in [5, 5.41) is 10.8. The van der Waals surface area contributed by atoms with Gasteiger partial charge in [-0.25, -0.2) is 0 Å². The number of aromatic nitrogens is 5. The van der Waals surface area contributed by atoms with Gasteiger partial charge in [0, 0.05) is 29.1 Å². The van der Waals surface area contributed by atoms with Gasteiger partial charge in [-0.1, -0.05) is 24.2 Å². The highest BCUT2D eigenvalue weighted by Crippen LogP contribution is 2.24. The third-order valence-corrected chi connectivity index (χ3v) is 4.50. The van der Waals surface area contributed by atoms with Gasteiger partial charge in [0.2, 0.25) is 11.7 Å². The predicted octanol–water partition coefficient (Wildman–Crippen LogP) is 3.62. The van der Waals surface area contributed by atoms with Crippen LogP contribution in [-0.2, 0) is 0 Å². The van der Waals surface area contributed by atoms with E-state index in [-0.39, 0.29) is 11.8 Å². The topological polar surface area (TPSA) is 120 Å². The van der Waals surface area contributed by atoms with Gasteiger partial charge in [-0.2, -0.15) is 9.97 Å². The summed E-state index contributed by atoms with van der Waals surface area (Å²) in [7, 11) is 0. The Morgan fingerprint density at radius 3 is 2.43 bits per heavy atom. The molecular formula is C21H20N6O3. The van der Waals surface area contributed by atoms with Crippen molar-refractivity contribution >= 4 is 5.91 Å². The normalized spacial score (nSPS) is 12.1. The minimum atomic E-state index is -0.436. The molecule has 0 fully saturated rings.